The summed E-state index contributed by atoms with van der Waals surface area (Å²) >= 11 is 0. The molecular formula is C12H13N3O4. The average Bonchev–Trinajstić information content (AvgIpc) is 2.73. The molecule has 0 aromatic carbocycles. The van der Waals surface area contributed by atoms with Gasteiger partial charge < -0.3 is 9.84 Å². The Bertz CT molecular complexity index is 539. The van der Waals surface area contributed by atoms with Crippen molar-refractivity contribution in [3.63, 3.8) is 0 Å². The number of pyridine rings is 1. The molecule has 0 radical (unpaired) electrons. The number of rotatable bonds is 2. The third-order valence-corrected chi connectivity index (χ3v) is 2.70. The number of nitrogens with zero attached hydrogens (tertiary/aromatic N) is 3. The number of hydrazone groups is 1. The Balaban J connectivity index is 2.30. The first-order chi connectivity index (χ1) is 8.95. The average molecular weight is 263 g/mol. The van der Waals surface area contributed by atoms with E-state index in [0.29, 0.717) is 0 Å². The minimum absolute atomic E-state index is 0.00439. The van der Waals surface area contributed by atoms with Gasteiger partial charge in [-0.2, -0.15) is 10.1 Å². The van der Waals surface area contributed by atoms with Crippen LogP contribution in [0.1, 0.15) is 23.7 Å². The molecule has 1 aliphatic rings. The molecule has 0 fully saturated rings. The SMILES string of the molecule is COC(=O)C1=NN(C(=O)c2cccnc2)[C@@](C)(O)C1. The van der Waals surface area contributed by atoms with Crippen molar-refractivity contribution in [3.8, 4) is 0 Å². The van der Waals surface area contributed by atoms with Crippen molar-refractivity contribution in [1.29, 1.82) is 0 Å². The van der Waals surface area contributed by atoms with E-state index >= 15 is 0 Å². The molecule has 0 spiro atoms. The van der Waals surface area contributed by atoms with Crippen LogP contribution >= 0.6 is 0 Å². The largest absolute Gasteiger partial charge is 0.464 e. The van der Waals surface area contributed by atoms with E-state index in [0.717, 1.165) is 5.01 Å². The van der Waals surface area contributed by atoms with Crippen LogP contribution in [0.5, 0.6) is 0 Å². The van der Waals surface area contributed by atoms with Gasteiger partial charge in [-0.25, -0.2) is 4.79 Å². The fourth-order valence-corrected chi connectivity index (χ4v) is 1.76. The smallest absolute Gasteiger partial charge is 0.354 e. The van der Waals surface area contributed by atoms with Crippen molar-refractivity contribution in [3.05, 3.63) is 30.1 Å². The molecule has 1 amide bonds. The highest BCUT2D eigenvalue weighted by molar-refractivity contribution is 6.37. The van der Waals surface area contributed by atoms with Crippen LogP contribution in [0, 0.1) is 0 Å². The fourth-order valence-electron chi connectivity index (χ4n) is 1.76. The van der Waals surface area contributed by atoms with Crippen LogP contribution in [0.2, 0.25) is 0 Å². The van der Waals surface area contributed by atoms with Crippen LogP contribution in [0.3, 0.4) is 0 Å². The zero-order chi connectivity index (χ0) is 14.0. The molecule has 0 bridgehead atoms. The predicted molar refractivity (Wildman–Crippen MR) is 65.1 cm³/mol. The number of hydrogen-bond donors (Lipinski definition) is 1. The quantitative estimate of drug-likeness (QED) is 0.767. The second-order valence-corrected chi connectivity index (χ2v) is 4.29. The van der Waals surface area contributed by atoms with Gasteiger partial charge in [0, 0.05) is 18.8 Å². The molecule has 19 heavy (non-hydrogen) atoms. The maximum atomic E-state index is 12.2. The zero-order valence-corrected chi connectivity index (χ0v) is 10.5. The summed E-state index contributed by atoms with van der Waals surface area (Å²) in [5, 5.41) is 14.9. The monoisotopic (exact) mass is 263 g/mol. The highest BCUT2D eigenvalue weighted by atomic mass is 16.5. The number of ether oxygens (including phenoxy) is 1. The van der Waals surface area contributed by atoms with E-state index in [-0.39, 0.29) is 17.7 Å². The minimum Gasteiger partial charge on any atom is -0.464 e. The van der Waals surface area contributed by atoms with Crippen molar-refractivity contribution >= 4 is 17.6 Å². The lowest BCUT2D eigenvalue weighted by molar-refractivity contribution is -0.133. The van der Waals surface area contributed by atoms with Crippen LogP contribution < -0.4 is 0 Å². The van der Waals surface area contributed by atoms with Crippen LogP contribution in [-0.2, 0) is 9.53 Å². The standard InChI is InChI=1S/C12H13N3O4/c1-12(18)6-9(11(17)19-2)14-15(12)10(16)8-4-3-5-13-7-8/h3-5,7,18H,6H2,1-2H3/t12-/m0/s1. The summed E-state index contributed by atoms with van der Waals surface area (Å²) in [4.78, 5) is 27.4. The first-order valence-electron chi connectivity index (χ1n) is 5.58. The molecular weight excluding hydrogens is 250 g/mol. The Labute approximate surface area is 109 Å². The maximum Gasteiger partial charge on any atom is 0.354 e. The zero-order valence-electron chi connectivity index (χ0n) is 10.5. The third kappa shape index (κ3) is 2.45. The van der Waals surface area contributed by atoms with Crippen LogP contribution in [0.4, 0.5) is 0 Å². The lowest BCUT2D eigenvalue weighted by Gasteiger charge is -2.26. The van der Waals surface area contributed by atoms with Crippen molar-refractivity contribution in [2.75, 3.05) is 7.11 Å². The summed E-state index contributed by atoms with van der Waals surface area (Å²) in [6.07, 6.45) is 2.82. The number of aliphatic hydroxyl groups is 1. The molecule has 0 saturated carbocycles. The summed E-state index contributed by atoms with van der Waals surface area (Å²) in [6, 6.07) is 3.15. The van der Waals surface area contributed by atoms with Gasteiger partial charge in [0.2, 0.25) is 0 Å². The molecule has 1 N–H and O–H groups in total. The highest BCUT2D eigenvalue weighted by Crippen LogP contribution is 2.26. The van der Waals surface area contributed by atoms with Gasteiger partial charge in [0.15, 0.2) is 11.4 Å². The van der Waals surface area contributed by atoms with Gasteiger partial charge in [0.25, 0.3) is 5.91 Å². The second-order valence-electron chi connectivity index (χ2n) is 4.29. The predicted octanol–water partition coefficient (Wildman–Crippen LogP) is 0.165. The molecule has 1 aromatic rings. The molecule has 0 saturated heterocycles. The number of methoxy groups -OCH3 is 1. The Kier molecular flexibility index (Phi) is 3.30. The third-order valence-electron chi connectivity index (χ3n) is 2.70. The van der Waals surface area contributed by atoms with Gasteiger partial charge in [0.05, 0.1) is 12.7 Å². The van der Waals surface area contributed by atoms with Crippen LogP contribution in [0.15, 0.2) is 29.6 Å². The van der Waals surface area contributed by atoms with Crippen molar-refractivity contribution in [2.24, 2.45) is 5.10 Å². The fraction of sp³-hybridized carbons (Fsp3) is 0.333. The van der Waals surface area contributed by atoms with Crippen molar-refractivity contribution < 1.29 is 19.4 Å². The summed E-state index contributed by atoms with van der Waals surface area (Å²) in [6.45, 7) is 1.40. The number of carbonyl (C=O) groups excluding carboxylic acids is 2. The Morgan fingerprint density at radius 2 is 2.26 bits per heavy atom. The number of amides is 1. The van der Waals surface area contributed by atoms with Crippen molar-refractivity contribution in [1.82, 2.24) is 9.99 Å². The molecule has 0 unspecified atom stereocenters. The summed E-state index contributed by atoms with van der Waals surface area (Å²) < 4.78 is 4.53. The van der Waals surface area contributed by atoms with Gasteiger partial charge in [-0.3, -0.25) is 9.78 Å². The molecule has 1 aromatic heterocycles. The second kappa shape index (κ2) is 4.77. The summed E-state index contributed by atoms with van der Waals surface area (Å²) in [5.74, 6) is -1.20. The molecule has 2 rings (SSSR count). The molecule has 1 atom stereocenters. The molecule has 1 aliphatic heterocycles. The number of carbonyl (C=O) groups is 2. The van der Waals surface area contributed by atoms with E-state index < -0.39 is 17.6 Å². The van der Waals surface area contributed by atoms with Gasteiger partial charge in [-0.1, -0.05) is 0 Å². The first-order valence-corrected chi connectivity index (χ1v) is 5.58. The molecule has 0 aliphatic carbocycles. The van der Waals surface area contributed by atoms with Gasteiger partial charge >= 0.3 is 5.97 Å². The first kappa shape index (κ1) is 13.2. The lowest BCUT2D eigenvalue weighted by Crippen LogP contribution is -2.43. The Morgan fingerprint density at radius 3 is 2.84 bits per heavy atom. The van der Waals surface area contributed by atoms with Gasteiger partial charge in [-0.15, -0.1) is 0 Å². The topological polar surface area (TPSA) is 92.1 Å². The van der Waals surface area contributed by atoms with E-state index in [1.807, 2.05) is 0 Å². The van der Waals surface area contributed by atoms with Crippen LogP contribution in [0.25, 0.3) is 0 Å². The lowest BCUT2D eigenvalue weighted by atomic mass is 10.1. The Hall–Kier alpha value is -2.28. The van der Waals surface area contributed by atoms with Gasteiger partial charge in [0.1, 0.15) is 0 Å². The molecule has 7 heteroatoms. The van der Waals surface area contributed by atoms with E-state index in [1.165, 1.54) is 26.4 Å². The normalized spacial score (nSPS) is 22.1. The van der Waals surface area contributed by atoms with Crippen LogP contribution in [-0.4, -0.2) is 45.5 Å². The number of aromatic nitrogens is 1. The molecule has 2 heterocycles. The summed E-state index contributed by atoms with van der Waals surface area (Å²) in [7, 11) is 1.21. The van der Waals surface area contributed by atoms with E-state index in [1.54, 1.807) is 12.1 Å². The number of esters is 1. The summed E-state index contributed by atoms with van der Waals surface area (Å²) in [5.41, 5.74) is -1.28. The van der Waals surface area contributed by atoms with E-state index in [2.05, 4.69) is 14.8 Å². The van der Waals surface area contributed by atoms with E-state index in [9.17, 15) is 14.7 Å². The Morgan fingerprint density at radius 1 is 1.53 bits per heavy atom. The highest BCUT2D eigenvalue weighted by Gasteiger charge is 2.43. The molecule has 100 valence electrons. The van der Waals surface area contributed by atoms with Gasteiger partial charge in [-0.05, 0) is 19.1 Å². The minimum atomic E-state index is -1.56. The van der Waals surface area contributed by atoms with E-state index in [4.69, 9.17) is 0 Å². The maximum absolute atomic E-state index is 12.2. The number of hydrogen-bond acceptors (Lipinski definition) is 6. The molecule has 7 nitrogen and oxygen atoms in total. The van der Waals surface area contributed by atoms with Crippen molar-refractivity contribution in [2.45, 2.75) is 19.1 Å².